The molecule has 104 valence electrons. The van der Waals surface area contributed by atoms with Crippen molar-refractivity contribution in [1.29, 1.82) is 0 Å². The van der Waals surface area contributed by atoms with Gasteiger partial charge in [0.15, 0.2) is 0 Å². The van der Waals surface area contributed by atoms with Crippen LogP contribution in [0.3, 0.4) is 0 Å². The van der Waals surface area contributed by atoms with Gasteiger partial charge in [0.2, 0.25) is 0 Å². The van der Waals surface area contributed by atoms with Crippen molar-refractivity contribution in [2.24, 2.45) is 11.8 Å². The topological polar surface area (TPSA) is 52.6 Å². The van der Waals surface area contributed by atoms with Gasteiger partial charge in [0, 0.05) is 12.8 Å². The summed E-state index contributed by atoms with van der Waals surface area (Å²) in [6.45, 7) is 8.40. The highest BCUT2D eigenvalue weighted by Gasteiger charge is 2.42. The van der Waals surface area contributed by atoms with E-state index in [4.69, 9.17) is 9.47 Å². The summed E-state index contributed by atoms with van der Waals surface area (Å²) >= 11 is 0. The normalized spacial score (nSPS) is 19.0. The number of cyclic esters (lactones) is 2. The third-order valence-electron chi connectivity index (χ3n) is 3.09. The van der Waals surface area contributed by atoms with Crippen LogP contribution in [0.4, 0.5) is 0 Å². The molecule has 1 aliphatic heterocycles. The molecule has 0 spiro atoms. The van der Waals surface area contributed by atoms with E-state index in [0.717, 1.165) is 12.8 Å². The van der Waals surface area contributed by atoms with Crippen LogP contribution in [-0.2, 0) is 19.1 Å². The smallest absolute Gasteiger partial charge is 0.320 e. The Morgan fingerprint density at radius 2 is 1.33 bits per heavy atom. The van der Waals surface area contributed by atoms with Crippen molar-refractivity contribution in [1.82, 2.24) is 0 Å². The molecule has 0 unspecified atom stereocenters. The summed E-state index contributed by atoms with van der Waals surface area (Å²) in [6.07, 6.45) is 2.67. The first-order chi connectivity index (χ1) is 8.33. The molecule has 1 aliphatic rings. The van der Waals surface area contributed by atoms with Gasteiger partial charge in [-0.1, -0.05) is 27.7 Å². The summed E-state index contributed by atoms with van der Waals surface area (Å²) in [5.41, 5.74) is 0. The first-order valence-corrected chi connectivity index (χ1v) is 6.76. The second-order valence-electron chi connectivity index (χ2n) is 5.90. The SMILES string of the molecule is CC(C)CCC1(CCC(C)C)OC(=O)CC(=O)O1. The summed E-state index contributed by atoms with van der Waals surface area (Å²) < 4.78 is 10.7. The van der Waals surface area contributed by atoms with Gasteiger partial charge in [-0.15, -0.1) is 0 Å². The number of hydrogen-bond acceptors (Lipinski definition) is 4. The van der Waals surface area contributed by atoms with Crippen LogP contribution < -0.4 is 0 Å². The van der Waals surface area contributed by atoms with Gasteiger partial charge >= 0.3 is 11.9 Å². The summed E-state index contributed by atoms with van der Waals surface area (Å²) in [5, 5.41) is 0. The Hall–Kier alpha value is -1.06. The molecular formula is C14H24O4. The number of ether oxygens (including phenoxy) is 2. The standard InChI is InChI=1S/C14H24O4/c1-10(2)5-7-14(8-6-11(3)4)17-12(15)9-13(16)18-14/h10-11H,5-9H2,1-4H3. The van der Waals surface area contributed by atoms with Gasteiger partial charge in [0.25, 0.3) is 5.79 Å². The highest BCUT2D eigenvalue weighted by atomic mass is 16.7. The van der Waals surface area contributed by atoms with E-state index in [1.165, 1.54) is 0 Å². The lowest BCUT2D eigenvalue weighted by Gasteiger charge is -2.36. The van der Waals surface area contributed by atoms with Crippen molar-refractivity contribution in [3.63, 3.8) is 0 Å². The molecule has 1 heterocycles. The van der Waals surface area contributed by atoms with E-state index in [9.17, 15) is 9.59 Å². The summed E-state index contributed by atoms with van der Waals surface area (Å²) in [4.78, 5) is 22.9. The predicted octanol–water partition coefficient (Wildman–Crippen LogP) is 3.05. The van der Waals surface area contributed by atoms with Gasteiger partial charge in [0.1, 0.15) is 6.42 Å². The zero-order valence-electron chi connectivity index (χ0n) is 11.8. The van der Waals surface area contributed by atoms with Gasteiger partial charge in [-0.3, -0.25) is 9.59 Å². The van der Waals surface area contributed by atoms with Gasteiger partial charge in [-0.25, -0.2) is 0 Å². The number of hydrogen-bond donors (Lipinski definition) is 0. The number of carbonyl (C=O) groups is 2. The Kier molecular flexibility index (Phi) is 5.17. The van der Waals surface area contributed by atoms with Gasteiger partial charge < -0.3 is 9.47 Å². The molecule has 0 N–H and O–H groups in total. The molecule has 1 rings (SSSR count). The predicted molar refractivity (Wildman–Crippen MR) is 67.7 cm³/mol. The van der Waals surface area contributed by atoms with E-state index in [1.54, 1.807) is 0 Å². The molecule has 0 saturated carbocycles. The average Bonchev–Trinajstić information content (AvgIpc) is 2.22. The third kappa shape index (κ3) is 4.67. The monoisotopic (exact) mass is 256 g/mol. The van der Waals surface area contributed by atoms with Crippen molar-refractivity contribution in [2.45, 2.75) is 65.6 Å². The second kappa shape index (κ2) is 6.21. The minimum atomic E-state index is -1.01. The quantitative estimate of drug-likeness (QED) is 0.541. The minimum absolute atomic E-state index is 0.259. The third-order valence-corrected chi connectivity index (χ3v) is 3.09. The zero-order chi connectivity index (χ0) is 13.8. The molecule has 0 aromatic carbocycles. The van der Waals surface area contributed by atoms with Gasteiger partial charge in [-0.2, -0.15) is 0 Å². The largest absolute Gasteiger partial charge is 0.422 e. The van der Waals surface area contributed by atoms with Crippen molar-refractivity contribution in [3.8, 4) is 0 Å². The number of esters is 2. The van der Waals surface area contributed by atoms with Crippen LogP contribution >= 0.6 is 0 Å². The fraction of sp³-hybridized carbons (Fsp3) is 0.857. The zero-order valence-corrected chi connectivity index (χ0v) is 11.8. The second-order valence-corrected chi connectivity index (χ2v) is 5.90. The van der Waals surface area contributed by atoms with Crippen molar-refractivity contribution in [2.75, 3.05) is 0 Å². The van der Waals surface area contributed by atoms with Crippen LogP contribution in [0.15, 0.2) is 0 Å². The van der Waals surface area contributed by atoms with Crippen LogP contribution in [0.2, 0.25) is 0 Å². The Morgan fingerprint density at radius 3 is 1.67 bits per heavy atom. The molecule has 1 fully saturated rings. The fourth-order valence-electron chi connectivity index (χ4n) is 1.97. The first-order valence-electron chi connectivity index (χ1n) is 6.76. The first kappa shape index (κ1) is 15.0. The molecule has 0 atom stereocenters. The minimum Gasteiger partial charge on any atom is -0.422 e. The van der Waals surface area contributed by atoms with Crippen molar-refractivity contribution >= 4 is 11.9 Å². The van der Waals surface area contributed by atoms with E-state index in [1.807, 2.05) is 0 Å². The molecule has 0 aromatic heterocycles. The van der Waals surface area contributed by atoms with E-state index in [-0.39, 0.29) is 6.42 Å². The molecule has 1 saturated heterocycles. The van der Waals surface area contributed by atoms with Crippen LogP contribution in [0.1, 0.15) is 59.8 Å². The lowest BCUT2D eigenvalue weighted by Crippen LogP contribution is -2.45. The Labute approximate surface area is 109 Å². The fourth-order valence-corrected chi connectivity index (χ4v) is 1.97. The average molecular weight is 256 g/mol. The van der Waals surface area contributed by atoms with Gasteiger partial charge in [-0.05, 0) is 24.7 Å². The molecule has 4 heteroatoms. The molecule has 0 bridgehead atoms. The molecule has 18 heavy (non-hydrogen) atoms. The summed E-state index contributed by atoms with van der Waals surface area (Å²) in [5.74, 6) is -0.959. The molecule has 0 aliphatic carbocycles. The Morgan fingerprint density at radius 1 is 0.944 bits per heavy atom. The van der Waals surface area contributed by atoms with E-state index in [2.05, 4.69) is 27.7 Å². The maximum Gasteiger partial charge on any atom is 0.320 e. The highest BCUT2D eigenvalue weighted by molar-refractivity contribution is 5.93. The van der Waals surface area contributed by atoms with Crippen molar-refractivity contribution in [3.05, 3.63) is 0 Å². The van der Waals surface area contributed by atoms with Crippen LogP contribution in [0.25, 0.3) is 0 Å². The molecule has 4 nitrogen and oxygen atoms in total. The maximum atomic E-state index is 11.5. The molecule has 0 radical (unpaired) electrons. The lowest BCUT2D eigenvalue weighted by atomic mass is 9.95. The van der Waals surface area contributed by atoms with Crippen LogP contribution in [0, 0.1) is 11.8 Å². The van der Waals surface area contributed by atoms with E-state index in [0.29, 0.717) is 24.7 Å². The van der Waals surface area contributed by atoms with E-state index >= 15 is 0 Å². The van der Waals surface area contributed by atoms with E-state index < -0.39 is 17.7 Å². The molecule has 0 amide bonds. The number of carbonyl (C=O) groups excluding carboxylic acids is 2. The highest BCUT2D eigenvalue weighted by Crippen LogP contribution is 2.33. The molecular weight excluding hydrogens is 232 g/mol. The summed E-state index contributed by atoms with van der Waals surface area (Å²) in [7, 11) is 0. The van der Waals surface area contributed by atoms with Crippen molar-refractivity contribution < 1.29 is 19.1 Å². The number of rotatable bonds is 6. The molecule has 0 aromatic rings. The van der Waals surface area contributed by atoms with Gasteiger partial charge in [0.05, 0.1) is 0 Å². The maximum absolute atomic E-state index is 11.5. The van der Waals surface area contributed by atoms with Crippen LogP contribution in [-0.4, -0.2) is 17.7 Å². The Bertz CT molecular complexity index is 277. The summed E-state index contributed by atoms with van der Waals surface area (Å²) in [6, 6.07) is 0. The Balaban J connectivity index is 2.71. The lowest BCUT2D eigenvalue weighted by molar-refractivity contribution is -0.250. The van der Waals surface area contributed by atoms with Crippen LogP contribution in [0.5, 0.6) is 0 Å².